The molecule has 6 N–H and O–H groups in total. The minimum Gasteiger partial charge on any atom is -0.480 e. The van der Waals surface area contributed by atoms with E-state index in [2.05, 4.69) is 11.9 Å². The first-order valence-corrected chi connectivity index (χ1v) is 3.70. The number of rotatable bonds is 6. The second-order valence-corrected chi connectivity index (χ2v) is 2.54. The molecule has 1 atom stereocenters. The van der Waals surface area contributed by atoms with Crippen molar-refractivity contribution in [3.8, 4) is 0 Å². The Labute approximate surface area is 71.4 Å². The third-order valence-electron chi connectivity index (χ3n) is 1.36. The molecule has 0 aromatic heterocycles. The van der Waals surface area contributed by atoms with Gasteiger partial charge in [-0.3, -0.25) is 4.79 Å². The van der Waals surface area contributed by atoms with Crippen molar-refractivity contribution in [1.82, 2.24) is 5.32 Å². The van der Waals surface area contributed by atoms with E-state index in [0.717, 1.165) is 0 Å². The van der Waals surface area contributed by atoms with Gasteiger partial charge in [0.2, 0.25) is 0 Å². The predicted molar refractivity (Wildman–Crippen MR) is 46.2 cm³/mol. The summed E-state index contributed by atoms with van der Waals surface area (Å²) in [5, 5.41) is 11.2. The molecule has 0 amide bonds. The van der Waals surface area contributed by atoms with E-state index in [1.807, 2.05) is 0 Å². The Morgan fingerprint density at radius 1 is 1.67 bits per heavy atom. The molecule has 5 heteroatoms. The highest BCUT2D eigenvalue weighted by Crippen LogP contribution is 1.93. The molecule has 0 aliphatic carbocycles. The maximum Gasteiger partial charge on any atom is 0.320 e. The number of nitrogens with one attached hydrogen (secondary N) is 1. The van der Waals surface area contributed by atoms with E-state index in [9.17, 15) is 4.79 Å². The summed E-state index contributed by atoms with van der Waals surface area (Å²) in [6.07, 6.45) is 1.11. The standard InChI is InChI=1S/C7H15N3O2/c1-5(8)10-4-2-3-6(9)7(11)12/h6,10H,1-4,8-9H2,(H,11,12). The van der Waals surface area contributed by atoms with Gasteiger partial charge in [0.1, 0.15) is 6.04 Å². The fraction of sp³-hybridized carbons (Fsp3) is 0.571. The van der Waals surface area contributed by atoms with Gasteiger partial charge in [-0.1, -0.05) is 6.58 Å². The highest BCUT2D eigenvalue weighted by Gasteiger charge is 2.09. The highest BCUT2D eigenvalue weighted by atomic mass is 16.4. The van der Waals surface area contributed by atoms with E-state index in [0.29, 0.717) is 25.2 Å². The lowest BCUT2D eigenvalue weighted by molar-refractivity contribution is -0.138. The topological polar surface area (TPSA) is 101 Å². The normalized spacial score (nSPS) is 12.1. The average molecular weight is 173 g/mol. The van der Waals surface area contributed by atoms with E-state index < -0.39 is 12.0 Å². The van der Waals surface area contributed by atoms with Gasteiger partial charge in [-0.25, -0.2) is 0 Å². The maximum absolute atomic E-state index is 10.2. The van der Waals surface area contributed by atoms with Gasteiger partial charge in [0.25, 0.3) is 0 Å². The van der Waals surface area contributed by atoms with Crippen molar-refractivity contribution < 1.29 is 9.90 Å². The van der Waals surface area contributed by atoms with Crippen LogP contribution < -0.4 is 16.8 Å². The van der Waals surface area contributed by atoms with Gasteiger partial charge in [0, 0.05) is 6.54 Å². The number of hydrogen-bond donors (Lipinski definition) is 4. The Hall–Kier alpha value is -1.23. The molecule has 0 bridgehead atoms. The summed E-state index contributed by atoms with van der Waals surface area (Å²) < 4.78 is 0. The van der Waals surface area contributed by atoms with Crippen LogP contribution in [0.25, 0.3) is 0 Å². The van der Waals surface area contributed by atoms with Gasteiger partial charge < -0.3 is 21.9 Å². The van der Waals surface area contributed by atoms with E-state index in [-0.39, 0.29) is 0 Å². The molecule has 0 spiro atoms. The lowest BCUT2D eigenvalue weighted by atomic mass is 10.2. The Kier molecular flexibility index (Phi) is 4.87. The molecule has 0 aromatic carbocycles. The SMILES string of the molecule is C=C(N)NCCCC(N)C(=O)O. The van der Waals surface area contributed by atoms with Crippen molar-refractivity contribution in [3.63, 3.8) is 0 Å². The molecule has 0 saturated heterocycles. The van der Waals surface area contributed by atoms with Crippen molar-refractivity contribution in [2.45, 2.75) is 18.9 Å². The zero-order valence-corrected chi connectivity index (χ0v) is 6.92. The summed E-state index contributed by atoms with van der Waals surface area (Å²) in [4.78, 5) is 10.2. The summed E-state index contributed by atoms with van der Waals surface area (Å²) in [6, 6.07) is -0.780. The van der Waals surface area contributed by atoms with Crippen LogP contribution in [-0.4, -0.2) is 23.7 Å². The minimum absolute atomic E-state index is 0.388. The van der Waals surface area contributed by atoms with E-state index in [4.69, 9.17) is 16.6 Å². The molecule has 0 rings (SSSR count). The first-order chi connectivity index (χ1) is 5.54. The Balaban J connectivity index is 3.31. The van der Waals surface area contributed by atoms with Crippen molar-refractivity contribution in [2.75, 3.05) is 6.54 Å². The third kappa shape index (κ3) is 5.55. The molecule has 0 heterocycles. The van der Waals surface area contributed by atoms with Crippen molar-refractivity contribution in [3.05, 3.63) is 12.4 Å². The number of carboxylic acids is 1. The molecule has 70 valence electrons. The summed E-state index contributed by atoms with van der Waals surface area (Å²) in [5.74, 6) is -0.583. The Bertz CT molecular complexity index is 170. The van der Waals surface area contributed by atoms with Crippen LogP contribution in [0, 0.1) is 0 Å². The number of carbonyl (C=O) groups is 1. The summed E-state index contributed by atoms with van der Waals surface area (Å²) >= 11 is 0. The van der Waals surface area contributed by atoms with Crippen LogP contribution in [0.5, 0.6) is 0 Å². The van der Waals surface area contributed by atoms with Crippen LogP contribution in [0.2, 0.25) is 0 Å². The van der Waals surface area contributed by atoms with E-state index in [1.165, 1.54) is 0 Å². The third-order valence-corrected chi connectivity index (χ3v) is 1.36. The molecule has 12 heavy (non-hydrogen) atoms. The molecule has 5 nitrogen and oxygen atoms in total. The summed E-state index contributed by atoms with van der Waals surface area (Å²) in [6.45, 7) is 4.03. The predicted octanol–water partition coefficient (Wildman–Crippen LogP) is -0.802. The molecular formula is C7H15N3O2. The lowest BCUT2D eigenvalue weighted by Gasteiger charge is -2.07. The van der Waals surface area contributed by atoms with Crippen LogP contribution in [0.4, 0.5) is 0 Å². The van der Waals surface area contributed by atoms with Crippen molar-refractivity contribution in [1.29, 1.82) is 0 Å². The summed E-state index contributed by atoms with van der Waals surface area (Å²) in [7, 11) is 0. The van der Waals surface area contributed by atoms with Crippen molar-refractivity contribution in [2.24, 2.45) is 11.5 Å². The zero-order chi connectivity index (χ0) is 9.56. The Morgan fingerprint density at radius 2 is 2.25 bits per heavy atom. The molecule has 0 radical (unpaired) electrons. The van der Waals surface area contributed by atoms with Crippen LogP contribution in [0.1, 0.15) is 12.8 Å². The molecule has 0 aromatic rings. The zero-order valence-electron chi connectivity index (χ0n) is 6.92. The quantitative estimate of drug-likeness (QED) is 0.394. The first kappa shape index (κ1) is 10.8. The van der Waals surface area contributed by atoms with Crippen molar-refractivity contribution >= 4 is 5.97 Å². The number of hydrogen-bond acceptors (Lipinski definition) is 4. The molecule has 1 unspecified atom stereocenters. The number of aliphatic carboxylic acids is 1. The first-order valence-electron chi connectivity index (χ1n) is 3.70. The van der Waals surface area contributed by atoms with Gasteiger partial charge >= 0.3 is 5.97 Å². The lowest BCUT2D eigenvalue weighted by Crippen LogP contribution is -2.31. The van der Waals surface area contributed by atoms with Crippen LogP contribution in [0.15, 0.2) is 12.4 Å². The van der Waals surface area contributed by atoms with Gasteiger partial charge in [-0.2, -0.15) is 0 Å². The monoisotopic (exact) mass is 173 g/mol. The minimum atomic E-state index is -0.971. The highest BCUT2D eigenvalue weighted by molar-refractivity contribution is 5.72. The molecule has 0 aliphatic heterocycles. The van der Waals surface area contributed by atoms with Crippen LogP contribution >= 0.6 is 0 Å². The molecule has 0 saturated carbocycles. The second kappa shape index (κ2) is 5.42. The Morgan fingerprint density at radius 3 is 2.67 bits per heavy atom. The van der Waals surface area contributed by atoms with Gasteiger partial charge in [-0.05, 0) is 12.8 Å². The fourth-order valence-electron chi connectivity index (χ4n) is 0.694. The molecular weight excluding hydrogens is 158 g/mol. The number of nitrogens with two attached hydrogens (primary N) is 2. The molecule has 0 aliphatic rings. The average Bonchev–Trinajstić information content (AvgIpc) is 1.97. The van der Waals surface area contributed by atoms with Gasteiger partial charge in [0.15, 0.2) is 0 Å². The van der Waals surface area contributed by atoms with Crippen LogP contribution in [0.3, 0.4) is 0 Å². The van der Waals surface area contributed by atoms with Gasteiger partial charge in [-0.15, -0.1) is 0 Å². The van der Waals surface area contributed by atoms with Crippen LogP contribution in [-0.2, 0) is 4.79 Å². The largest absolute Gasteiger partial charge is 0.480 e. The van der Waals surface area contributed by atoms with E-state index in [1.54, 1.807) is 0 Å². The second-order valence-electron chi connectivity index (χ2n) is 2.54. The maximum atomic E-state index is 10.2. The number of carboxylic acid groups (broad SMARTS) is 1. The summed E-state index contributed by atoms with van der Waals surface area (Å²) in [5.41, 5.74) is 10.5. The van der Waals surface area contributed by atoms with E-state index >= 15 is 0 Å². The fourth-order valence-corrected chi connectivity index (χ4v) is 0.694. The smallest absolute Gasteiger partial charge is 0.320 e. The van der Waals surface area contributed by atoms with Gasteiger partial charge in [0.05, 0.1) is 5.82 Å². The molecule has 0 fully saturated rings.